The molecule has 0 aromatic heterocycles. The Morgan fingerprint density at radius 2 is 2.07 bits per heavy atom. The van der Waals surface area contributed by atoms with Gasteiger partial charge in [-0.1, -0.05) is 27.7 Å². The Bertz CT molecular complexity index is 228. The summed E-state index contributed by atoms with van der Waals surface area (Å²) in [7, 11) is 0. The number of hydrogen-bond donors (Lipinski definition) is 1. The number of carbonyl (C=O) groups excluding carboxylic acids is 1. The van der Waals surface area contributed by atoms with Gasteiger partial charge in [0.2, 0.25) is 5.91 Å². The van der Waals surface area contributed by atoms with Crippen LogP contribution in [-0.2, 0) is 4.79 Å². The first-order valence-corrected chi connectivity index (χ1v) is 5.99. The molecule has 1 heterocycles. The molecule has 0 radical (unpaired) electrons. The van der Waals surface area contributed by atoms with E-state index in [1.165, 1.54) is 0 Å². The molecule has 1 fully saturated rings. The van der Waals surface area contributed by atoms with Crippen LogP contribution in [0.25, 0.3) is 0 Å². The van der Waals surface area contributed by atoms with E-state index in [4.69, 9.17) is 5.73 Å². The van der Waals surface area contributed by atoms with E-state index in [1.807, 2.05) is 11.8 Å². The molecule has 1 amide bonds. The van der Waals surface area contributed by atoms with Crippen molar-refractivity contribution < 1.29 is 4.79 Å². The van der Waals surface area contributed by atoms with Gasteiger partial charge in [-0.25, -0.2) is 0 Å². The Morgan fingerprint density at radius 1 is 1.47 bits per heavy atom. The molecule has 0 saturated carbocycles. The van der Waals surface area contributed by atoms with Gasteiger partial charge in [-0.05, 0) is 18.3 Å². The number of amides is 1. The van der Waals surface area contributed by atoms with Crippen LogP contribution in [0.1, 0.15) is 34.1 Å². The summed E-state index contributed by atoms with van der Waals surface area (Å²) < 4.78 is 0. The number of rotatable bonds is 3. The molecule has 0 aromatic carbocycles. The van der Waals surface area contributed by atoms with Crippen LogP contribution < -0.4 is 5.73 Å². The molecule has 15 heavy (non-hydrogen) atoms. The van der Waals surface area contributed by atoms with Gasteiger partial charge in [-0.3, -0.25) is 4.79 Å². The third kappa shape index (κ3) is 2.51. The number of likely N-dealkylation sites (tertiary alicyclic amines) is 1. The van der Waals surface area contributed by atoms with Gasteiger partial charge in [-0.15, -0.1) is 0 Å². The molecule has 1 aliphatic heterocycles. The van der Waals surface area contributed by atoms with E-state index >= 15 is 0 Å². The van der Waals surface area contributed by atoms with Crippen molar-refractivity contribution in [1.82, 2.24) is 4.90 Å². The van der Waals surface area contributed by atoms with Crippen molar-refractivity contribution >= 4 is 5.91 Å². The first-order valence-electron chi connectivity index (χ1n) is 5.99. The molecular formula is C12H24N2O. The topological polar surface area (TPSA) is 46.3 Å². The van der Waals surface area contributed by atoms with Crippen LogP contribution >= 0.6 is 0 Å². The van der Waals surface area contributed by atoms with Crippen LogP contribution in [0.15, 0.2) is 0 Å². The van der Waals surface area contributed by atoms with Gasteiger partial charge < -0.3 is 10.6 Å². The zero-order valence-corrected chi connectivity index (χ0v) is 10.4. The monoisotopic (exact) mass is 212 g/mol. The molecule has 3 unspecified atom stereocenters. The minimum absolute atomic E-state index is 0.115. The fourth-order valence-electron chi connectivity index (χ4n) is 2.19. The standard InChI is InChI=1S/C12H24N2O/c1-8(2)10(4)12(15)14-6-5-9(3)11(14)7-13/h8-11H,5-7,13H2,1-4H3. The first-order chi connectivity index (χ1) is 6.99. The minimum atomic E-state index is 0.115. The Balaban J connectivity index is 2.67. The van der Waals surface area contributed by atoms with Gasteiger partial charge in [-0.2, -0.15) is 0 Å². The smallest absolute Gasteiger partial charge is 0.225 e. The molecule has 3 nitrogen and oxygen atoms in total. The maximum absolute atomic E-state index is 12.2. The summed E-state index contributed by atoms with van der Waals surface area (Å²) in [6.45, 7) is 9.88. The van der Waals surface area contributed by atoms with Crippen molar-refractivity contribution in [2.24, 2.45) is 23.5 Å². The average molecular weight is 212 g/mol. The van der Waals surface area contributed by atoms with E-state index in [0.717, 1.165) is 13.0 Å². The maximum atomic E-state index is 12.2. The van der Waals surface area contributed by atoms with E-state index in [9.17, 15) is 4.79 Å². The number of nitrogens with two attached hydrogens (primary N) is 1. The van der Waals surface area contributed by atoms with Crippen LogP contribution in [0.3, 0.4) is 0 Å². The maximum Gasteiger partial charge on any atom is 0.225 e. The highest BCUT2D eigenvalue weighted by Gasteiger charge is 2.35. The fraction of sp³-hybridized carbons (Fsp3) is 0.917. The van der Waals surface area contributed by atoms with Gasteiger partial charge >= 0.3 is 0 Å². The second-order valence-electron chi connectivity index (χ2n) is 5.13. The third-order valence-electron chi connectivity index (χ3n) is 3.80. The molecular weight excluding hydrogens is 188 g/mol. The lowest BCUT2D eigenvalue weighted by Gasteiger charge is -2.29. The highest BCUT2D eigenvalue weighted by atomic mass is 16.2. The van der Waals surface area contributed by atoms with Gasteiger partial charge in [0.25, 0.3) is 0 Å². The lowest BCUT2D eigenvalue weighted by Crippen LogP contribution is -2.45. The molecule has 3 atom stereocenters. The van der Waals surface area contributed by atoms with Crippen molar-refractivity contribution in [2.45, 2.75) is 40.2 Å². The number of carbonyl (C=O) groups is 1. The van der Waals surface area contributed by atoms with Crippen LogP contribution in [0, 0.1) is 17.8 Å². The lowest BCUT2D eigenvalue weighted by atomic mass is 9.95. The fourth-order valence-corrected chi connectivity index (χ4v) is 2.19. The number of hydrogen-bond acceptors (Lipinski definition) is 2. The quantitative estimate of drug-likeness (QED) is 0.770. The van der Waals surface area contributed by atoms with E-state index in [1.54, 1.807) is 0 Å². The zero-order valence-electron chi connectivity index (χ0n) is 10.4. The summed E-state index contributed by atoms with van der Waals surface area (Å²) in [6.07, 6.45) is 1.10. The average Bonchev–Trinajstić information content (AvgIpc) is 2.57. The van der Waals surface area contributed by atoms with Crippen molar-refractivity contribution in [2.75, 3.05) is 13.1 Å². The van der Waals surface area contributed by atoms with E-state index < -0.39 is 0 Å². The molecule has 0 aromatic rings. The van der Waals surface area contributed by atoms with Crippen LogP contribution in [-0.4, -0.2) is 29.9 Å². The van der Waals surface area contributed by atoms with Crippen LogP contribution in [0.5, 0.6) is 0 Å². The molecule has 0 bridgehead atoms. The highest BCUT2D eigenvalue weighted by Crippen LogP contribution is 2.26. The Morgan fingerprint density at radius 3 is 2.53 bits per heavy atom. The normalized spacial score (nSPS) is 28.5. The van der Waals surface area contributed by atoms with Crippen molar-refractivity contribution in [1.29, 1.82) is 0 Å². The van der Waals surface area contributed by atoms with E-state index in [-0.39, 0.29) is 17.9 Å². The molecule has 2 N–H and O–H groups in total. The van der Waals surface area contributed by atoms with Gasteiger partial charge in [0.15, 0.2) is 0 Å². The SMILES string of the molecule is CC(C)C(C)C(=O)N1CCC(C)C1CN. The second-order valence-corrected chi connectivity index (χ2v) is 5.13. The predicted molar refractivity (Wildman–Crippen MR) is 62.3 cm³/mol. The number of nitrogens with zero attached hydrogens (tertiary/aromatic N) is 1. The largest absolute Gasteiger partial charge is 0.338 e. The van der Waals surface area contributed by atoms with Gasteiger partial charge in [0.05, 0.1) is 0 Å². The Kier molecular flexibility index (Phi) is 4.14. The van der Waals surface area contributed by atoms with Crippen molar-refractivity contribution in [3.8, 4) is 0 Å². The van der Waals surface area contributed by atoms with Gasteiger partial charge in [0, 0.05) is 25.0 Å². The molecule has 88 valence electrons. The molecule has 1 rings (SSSR count). The third-order valence-corrected chi connectivity index (χ3v) is 3.80. The second kappa shape index (κ2) is 4.97. The zero-order chi connectivity index (χ0) is 11.6. The molecule has 0 spiro atoms. The molecule has 0 aliphatic carbocycles. The summed E-state index contributed by atoms with van der Waals surface area (Å²) in [4.78, 5) is 14.2. The Labute approximate surface area is 93.0 Å². The predicted octanol–water partition coefficient (Wildman–Crippen LogP) is 1.47. The Hall–Kier alpha value is -0.570. The van der Waals surface area contributed by atoms with Gasteiger partial charge in [0.1, 0.15) is 0 Å². The molecule has 1 aliphatic rings. The summed E-state index contributed by atoms with van der Waals surface area (Å²) >= 11 is 0. The molecule has 3 heteroatoms. The van der Waals surface area contributed by atoms with Crippen LogP contribution in [0.4, 0.5) is 0 Å². The lowest BCUT2D eigenvalue weighted by molar-refractivity contribution is -0.137. The minimum Gasteiger partial charge on any atom is -0.338 e. The summed E-state index contributed by atoms with van der Waals surface area (Å²) in [5.74, 6) is 1.36. The van der Waals surface area contributed by atoms with Crippen LogP contribution in [0.2, 0.25) is 0 Å². The molecule has 1 saturated heterocycles. The van der Waals surface area contributed by atoms with E-state index in [2.05, 4.69) is 20.8 Å². The summed E-state index contributed by atoms with van der Waals surface area (Å²) in [5, 5.41) is 0. The summed E-state index contributed by atoms with van der Waals surface area (Å²) in [5.41, 5.74) is 5.73. The summed E-state index contributed by atoms with van der Waals surface area (Å²) in [6, 6.07) is 0.263. The highest BCUT2D eigenvalue weighted by molar-refractivity contribution is 5.79. The van der Waals surface area contributed by atoms with E-state index in [0.29, 0.717) is 18.4 Å². The van der Waals surface area contributed by atoms with Crippen molar-refractivity contribution in [3.05, 3.63) is 0 Å². The van der Waals surface area contributed by atoms with Crippen molar-refractivity contribution in [3.63, 3.8) is 0 Å². The first kappa shape index (κ1) is 12.5.